The standard InChI is InChI=1S/C18H28O/c1-4-14-9-10-15(5-2)16(13-14)17(19)18(6-3)11-7-8-12-18/h9-10,13,17,19H,4-8,11-12H2,1-3H3. The second-order valence-electron chi connectivity index (χ2n) is 6.07. The summed E-state index contributed by atoms with van der Waals surface area (Å²) in [6, 6.07) is 6.68. The number of hydrogen-bond donors (Lipinski definition) is 1. The lowest BCUT2D eigenvalue weighted by atomic mass is 9.74. The average Bonchev–Trinajstić information content (AvgIpc) is 2.95. The summed E-state index contributed by atoms with van der Waals surface area (Å²) in [6.45, 7) is 6.61. The van der Waals surface area contributed by atoms with Crippen LogP contribution in [-0.2, 0) is 12.8 Å². The van der Waals surface area contributed by atoms with Crippen molar-refractivity contribution in [1.82, 2.24) is 0 Å². The van der Waals surface area contributed by atoms with Crippen LogP contribution in [0.3, 0.4) is 0 Å². The lowest BCUT2D eigenvalue weighted by Crippen LogP contribution is -2.26. The Bertz CT molecular complexity index is 416. The molecule has 0 bridgehead atoms. The lowest BCUT2D eigenvalue weighted by molar-refractivity contribution is 0.0231. The Hall–Kier alpha value is -0.820. The van der Waals surface area contributed by atoms with E-state index in [4.69, 9.17) is 0 Å². The molecule has 106 valence electrons. The van der Waals surface area contributed by atoms with E-state index >= 15 is 0 Å². The van der Waals surface area contributed by atoms with Crippen LogP contribution < -0.4 is 0 Å². The summed E-state index contributed by atoms with van der Waals surface area (Å²) in [6.07, 6.45) is 7.79. The van der Waals surface area contributed by atoms with Gasteiger partial charge in [0.15, 0.2) is 0 Å². The summed E-state index contributed by atoms with van der Waals surface area (Å²) in [4.78, 5) is 0. The quantitative estimate of drug-likeness (QED) is 0.805. The van der Waals surface area contributed by atoms with Crippen molar-refractivity contribution < 1.29 is 5.11 Å². The summed E-state index contributed by atoms with van der Waals surface area (Å²) in [5, 5.41) is 11.0. The molecule has 19 heavy (non-hydrogen) atoms. The first-order chi connectivity index (χ1) is 9.16. The van der Waals surface area contributed by atoms with E-state index in [9.17, 15) is 5.11 Å². The van der Waals surface area contributed by atoms with Gasteiger partial charge in [0, 0.05) is 5.41 Å². The van der Waals surface area contributed by atoms with Gasteiger partial charge in [-0.15, -0.1) is 0 Å². The molecule has 1 nitrogen and oxygen atoms in total. The molecule has 1 aliphatic carbocycles. The lowest BCUT2D eigenvalue weighted by Gasteiger charge is -2.35. The molecule has 1 atom stereocenters. The fourth-order valence-electron chi connectivity index (χ4n) is 3.67. The summed E-state index contributed by atoms with van der Waals surface area (Å²) in [5.41, 5.74) is 4.00. The zero-order chi connectivity index (χ0) is 13.9. The molecular formula is C18H28O. The van der Waals surface area contributed by atoms with Crippen molar-refractivity contribution in [2.75, 3.05) is 0 Å². The summed E-state index contributed by atoms with van der Waals surface area (Å²) < 4.78 is 0. The van der Waals surface area contributed by atoms with Crippen molar-refractivity contribution in [2.24, 2.45) is 5.41 Å². The van der Waals surface area contributed by atoms with E-state index in [1.807, 2.05) is 0 Å². The van der Waals surface area contributed by atoms with Crippen LogP contribution >= 0.6 is 0 Å². The van der Waals surface area contributed by atoms with Gasteiger partial charge >= 0.3 is 0 Å². The van der Waals surface area contributed by atoms with Crippen molar-refractivity contribution in [1.29, 1.82) is 0 Å². The molecule has 0 amide bonds. The third-order valence-electron chi connectivity index (χ3n) is 5.18. The largest absolute Gasteiger partial charge is 0.388 e. The normalized spacial score (nSPS) is 19.6. The Morgan fingerprint density at radius 3 is 2.32 bits per heavy atom. The SMILES string of the molecule is CCc1ccc(CC)c(C(O)C2(CC)CCCC2)c1. The molecule has 1 heteroatoms. The minimum Gasteiger partial charge on any atom is -0.388 e. The van der Waals surface area contributed by atoms with E-state index in [1.54, 1.807) is 0 Å². The van der Waals surface area contributed by atoms with Gasteiger partial charge < -0.3 is 5.11 Å². The molecule has 1 unspecified atom stereocenters. The Morgan fingerprint density at radius 1 is 1.11 bits per heavy atom. The maximum atomic E-state index is 11.0. The minimum absolute atomic E-state index is 0.135. The zero-order valence-corrected chi connectivity index (χ0v) is 12.7. The van der Waals surface area contributed by atoms with E-state index < -0.39 is 0 Å². The number of hydrogen-bond acceptors (Lipinski definition) is 1. The maximum Gasteiger partial charge on any atom is 0.0848 e. The van der Waals surface area contributed by atoms with Gasteiger partial charge in [-0.3, -0.25) is 0 Å². The van der Waals surface area contributed by atoms with Crippen molar-refractivity contribution in [3.8, 4) is 0 Å². The van der Waals surface area contributed by atoms with Gasteiger partial charge in [0.2, 0.25) is 0 Å². The molecule has 1 aromatic rings. The van der Waals surface area contributed by atoms with Gasteiger partial charge in [-0.1, -0.05) is 51.8 Å². The number of aliphatic hydroxyl groups is 1. The fourth-order valence-corrected chi connectivity index (χ4v) is 3.67. The number of aliphatic hydroxyl groups excluding tert-OH is 1. The molecule has 1 aliphatic rings. The molecule has 1 saturated carbocycles. The fraction of sp³-hybridized carbons (Fsp3) is 0.667. The molecule has 0 aliphatic heterocycles. The van der Waals surface area contributed by atoms with Gasteiger partial charge in [0.25, 0.3) is 0 Å². The van der Waals surface area contributed by atoms with E-state index in [-0.39, 0.29) is 11.5 Å². The van der Waals surface area contributed by atoms with Gasteiger partial charge in [-0.2, -0.15) is 0 Å². The van der Waals surface area contributed by atoms with Crippen molar-refractivity contribution >= 4 is 0 Å². The summed E-state index contributed by atoms with van der Waals surface area (Å²) >= 11 is 0. The predicted molar refractivity (Wildman–Crippen MR) is 81.3 cm³/mol. The first-order valence-corrected chi connectivity index (χ1v) is 7.96. The summed E-state index contributed by atoms with van der Waals surface area (Å²) in [7, 11) is 0. The Labute approximate surface area is 118 Å². The molecule has 2 rings (SSSR count). The van der Waals surface area contributed by atoms with Crippen molar-refractivity contribution in [3.05, 3.63) is 34.9 Å². The van der Waals surface area contributed by atoms with Crippen LogP contribution in [0.5, 0.6) is 0 Å². The Morgan fingerprint density at radius 2 is 1.79 bits per heavy atom. The Kier molecular flexibility index (Phi) is 4.67. The van der Waals surface area contributed by atoms with Crippen LogP contribution in [0.25, 0.3) is 0 Å². The molecule has 0 radical (unpaired) electrons. The van der Waals surface area contributed by atoms with Gasteiger partial charge in [0.05, 0.1) is 6.10 Å². The first-order valence-electron chi connectivity index (χ1n) is 7.96. The Balaban J connectivity index is 2.38. The molecule has 1 N–H and O–H groups in total. The van der Waals surface area contributed by atoms with Crippen LogP contribution in [0.2, 0.25) is 0 Å². The number of benzene rings is 1. The van der Waals surface area contributed by atoms with E-state index in [0.29, 0.717) is 0 Å². The molecule has 1 aromatic carbocycles. The van der Waals surface area contributed by atoms with Gasteiger partial charge in [-0.25, -0.2) is 0 Å². The molecule has 0 heterocycles. The monoisotopic (exact) mass is 260 g/mol. The van der Waals surface area contributed by atoms with Crippen LogP contribution in [0.1, 0.15) is 75.7 Å². The second-order valence-corrected chi connectivity index (χ2v) is 6.07. The van der Waals surface area contributed by atoms with E-state index in [0.717, 1.165) is 19.3 Å². The highest BCUT2D eigenvalue weighted by Crippen LogP contribution is 2.50. The minimum atomic E-state index is -0.276. The molecule has 1 fully saturated rings. The number of rotatable bonds is 5. The van der Waals surface area contributed by atoms with Crippen LogP contribution in [-0.4, -0.2) is 5.11 Å². The first kappa shape index (κ1) is 14.6. The highest BCUT2D eigenvalue weighted by Gasteiger charge is 2.40. The predicted octanol–water partition coefficient (Wildman–Crippen LogP) is 4.82. The van der Waals surface area contributed by atoms with Crippen LogP contribution in [0, 0.1) is 5.41 Å². The molecular weight excluding hydrogens is 232 g/mol. The third-order valence-corrected chi connectivity index (χ3v) is 5.18. The molecule has 0 saturated heterocycles. The highest BCUT2D eigenvalue weighted by atomic mass is 16.3. The van der Waals surface area contributed by atoms with Crippen molar-refractivity contribution in [2.45, 2.75) is 71.8 Å². The van der Waals surface area contributed by atoms with E-state index in [2.05, 4.69) is 39.0 Å². The van der Waals surface area contributed by atoms with Gasteiger partial charge in [0.1, 0.15) is 0 Å². The maximum absolute atomic E-state index is 11.0. The molecule has 0 aromatic heterocycles. The summed E-state index contributed by atoms with van der Waals surface area (Å²) in [5.74, 6) is 0. The third kappa shape index (κ3) is 2.72. The highest BCUT2D eigenvalue weighted by molar-refractivity contribution is 5.35. The average molecular weight is 260 g/mol. The smallest absolute Gasteiger partial charge is 0.0848 e. The van der Waals surface area contributed by atoms with Gasteiger partial charge in [-0.05, 0) is 48.8 Å². The van der Waals surface area contributed by atoms with Crippen LogP contribution in [0.4, 0.5) is 0 Å². The van der Waals surface area contributed by atoms with Crippen molar-refractivity contribution in [3.63, 3.8) is 0 Å². The molecule has 0 spiro atoms. The topological polar surface area (TPSA) is 20.2 Å². The van der Waals surface area contributed by atoms with Crippen LogP contribution in [0.15, 0.2) is 18.2 Å². The van der Waals surface area contributed by atoms with E-state index in [1.165, 1.54) is 42.4 Å². The second kappa shape index (κ2) is 6.09. The zero-order valence-electron chi connectivity index (χ0n) is 12.7. The number of aryl methyl sites for hydroxylation is 2.